The fourth-order valence-corrected chi connectivity index (χ4v) is 12.7. The molecule has 5 nitrogen and oxygen atoms in total. The fourth-order valence-electron chi connectivity index (χ4n) is 12.7. The van der Waals surface area contributed by atoms with E-state index in [-0.39, 0.29) is 50.6 Å². The summed E-state index contributed by atoms with van der Waals surface area (Å²) < 4.78 is 6.18. The van der Waals surface area contributed by atoms with Gasteiger partial charge in [-0.2, -0.15) is 0 Å². The maximum Gasteiger partial charge on any atom is 0.331 e. The van der Waals surface area contributed by atoms with Gasteiger partial charge in [0.1, 0.15) is 6.10 Å². The zero-order chi connectivity index (χ0) is 31.9. The Balaban J connectivity index is 1.22. The van der Waals surface area contributed by atoms with E-state index in [1.807, 2.05) is 0 Å². The summed E-state index contributed by atoms with van der Waals surface area (Å²) in [4.78, 5) is 13.0. The van der Waals surface area contributed by atoms with E-state index in [0.29, 0.717) is 41.8 Å². The number of fused-ring (bicyclic) bond motifs is 7. The molecule has 0 radical (unpaired) electrons. The monoisotopic (exact) mass is 604 g/mol. The van der Waals surface area contributed by atoms with E-state index in [2.05, 4.69) is 48.1 Å². The van der Waals surface area contributed by atoms with E-state index in [4.69, 9.17) is 4.74 Å². The Bertz CT molecular complexity index is 1350. The Morgan fingerprint density at radius 1 is 0.909 bits per heavy atom. The molecule has 3 N–H and O–H groups in total. The quantitative estimate of drug-likeness (QED) is 0.135. The van der Waals surface area contributed by atoms with E-state index >= 15 is 0 Å². The molecule has 0 aliphatic heterocycles. The van der Waals surface area contributed by atoms with Crippen molar-refractivity contribution >= 4 is 12.0 Å². The number of phenolic OH excluding ortho intramolecular Hbond substituents is 2. The van der Waals surface area contributed by atoms with Gasteiger partial charge in [-0.1, -0.05) is 52.8 Å². The average Bonchev–Trinajstić information content (AvgIpc) is 3.36. The Hall–Kier alpha value is -2.27. The molecule has 0 unspecified atom stereocenters. The number of aliphatic hydroxyl groups is 1. The smallest absolute Gasteiger partial charge is 0.331 e. The minimum absolute atomic E-state index is 0.0825. The third-order valence-electron chi connectivity index (χ3n) is 15.2. The van der Waals surface area contributed by atoms with Gasteiger partial charge in [0.25, 0.3) is 0 Å². The molecular weight excluding hydrogens is 548 g/mol. The van der Waals surface area contributed by atoms with Crippen LogP contribution in [0.1, 0.15) is 111 Å². The van der Waals surface area contributed by atoms with Crippen LogP contribution in [0.4, 0.5) is 0 Å². The number of aliphatic hydroxyl groups excluding tert-OH is 1. The molecule has 5 aliphatic carbocycles. The highest BCUT2D eigenvalue weighted by Crippen LogP contribution is 2.77. The molecule has 6 rings (SSSR count). The molecule has 1 aromatic carbocycles. The molecule has 0 bridgehead atoms. The number of carbonyl (C=O) groups excluding carboxylic acids is 1. The van der Waals surface area contributed by atoms with Crippen LogP contribution in [0.25, 0.3) is 6.08 Å². The van der Waals surface area contributed by atoms with Crippen molar-refractivity contribution < 1.29 is 24.9 Å². The highest BCUT2D eigenvalue weighted by molar-refractivity contribution is 5.87. The first-order valence-electron chi connectivity index (χ1n) is 17.3. The first-order valence-corrected chi connectivity index (χ1v) is 17.3. The van der Waals surface area contributed by atoms with Gasteiger partial charge >= 0.3 is 5.97 Å². The zero-order valence-electron chi connectivity index (χ0n) is 28.0. The number of allylic oxidation sites excluding steroid dienone is 1. The number of hydrogen-bond donors (Lipinski definition) is 3. The summed E-state index contributed by atoms with van der Waals surface area (Å²) in [5, 5.41) is 30.2. The number of ether oxygens (including phenoxy) is 1. The normalized spacial score (nSPS) is 44.2. The molecule has 5 heteroatoms. The lowest BCUT2D eigenvalue weighted by atomic mass is 9.32. The van der Waals surface area contributed by atoms with Gasteiger partial charge in [0.05, 0.1) is 0 Å². The lowest BCUT2D eigenvalue weighted by Crippen LogP contribution is -2.67. The summed E-state index contributed by atoms with van der Waals surface area (Å²) >= 11 is 0. The van der Waals surface area contributed by atoms with E-state index in [1.54, 1.807) is 12.1 Å². The van der Waals surface area contributed by atoms with Crippen LogP contribution in [0.3, 0.4) is 0 Å². The molecule has 0 spiro atoms. The molecule has 10 atom stereocenters. The van der Waals surface area contributed by atoms with Crippen LogP contribution in [0.5, 0.6) is 11.5 Å². The number of phenols is 2. The van der Waals surface area contributed by atoms with Crippen molar-refractivity contribution in [3.63, 3.8) is 0 Å². The minimum Gasteiger partial charge on any atom is -0.504 e. The molecule has 1 aromatic rings. The second-order valence-corrected chi connectivity index (χ2v) is 17.1. The van der Waals surface area contributed by atoms with Gasteiger partial charge in [0.15, 0.2) is 11.5 Å². The maximum absolute atomic E-state index is 13.0. The lowest BCUT2D eigenvalue weighted by Gasteiger charge is -2.73. The van der Waals surface area contributed by atoms with Crippen molar-refractivity contribution in [2.45, 2.75) is 112 Å². The van der Waals surface area contributed by atoms with Gasteiger partial charge in [-0.25, -0.2) is 4.79 Å². The maximum atomic E-state index is 13.0. The minimum atomic E-state index is -0.355. The van der Waals surface area contributed by atoms with Crippen molar-refractivity contribution in [2.24, 2.45) is 56.7 Å². The number of rotatable bonds is 5. The molecule has 44 heavy (non-hydrogen) atoms. The summed E-state index contributed by atoms with van der Waals surface area (Å²) in [7, 11) is 0. The number of aromatic hydroxyl groups is 2. The topological polar surface area (TPSA) is 87.0 Å². The molecule has 0 saturated heterocycles. The number of hydrogen-bond acceptors (Lipinski definition) is 5. The Labute approximate surface area is 265 Å². The number of benzene rings is 1. The van der Waals surface area contributed by atoms with Crippen LogP contribution in [-0.4, -0.2) is 34.0 Å². The summed E-state index contributed by atoms with van der Waals surface area (Å²) in [5.41, 5.74) is 2.61. The SMILES string of the molecule is C=C(C)[C@@H]1CC[C@]2(CO)CC[C@]3(C)[C@@H](CC[C@@H]4[C@@]5(C)CC[C@H](OC(=O)/C=C/c6ccc(O)c(O)c6)C(C)(C)[C@@H]5CC[C@]43C)[C@H]12. The van der Waals surface area contributed by atoms with E-state index in [0.717, 1.165) is 32.1 Å². The highest BCUT2D eigenvalue weighted by atomic mass is 16.5. The second kappa shape index (κ2) is 10.6. The predicted molar refractivity (Wildman–Crippen MR) is 175 cm³/mol. The molecule has 0 heterocycles. The van der Waals surface area contributed by atoms with Crippen molar-refractivity contribution in [1.29, 1.82) is 0 Å². The van der Waals surface area contributed by atoms with Crippen LogP contribution >= 0.6 is 0 Å². The van der Waals surface area contributed by atoms with Crippen LogP contribution in [-0.2, 0) is 9.53 Å². The second-order valence-electron chi connectivity index (χ2n) is 17.1. The Kier molecular flexibility index (Phi) is 7.67. The van der Waals surface area contributed by atoms with Crippen molar-refractivity contribution in [3.8, 4) is 11.5 Å². The fraction of sp³-hybridized carbons (Fsp3) is 0.718. The first-order chi connectivity index (χ1) is 20.6. The molecule has 0 amide bonds. The highest BCUT2D eigenvalue weighted by Gasteiger charge is 2.71. The van der Waals surface area contributed by atoms with Crippen LogP contribution in [0.2, 0.25) is 0 Å². The van der Waals surface area contributed by atoms with E-state index in [9.17, 15) is 20.1 Å². The van der Waals surface area contributed by atoms with Gasteiger partial charge in [-0.15, -0.1) is 0 Å². The lowest BCUT2D eigenvalue weighted by molar-refractivity contribution is -0.251. The van der Waals surface area contributed by atoms with Crippen molar-refractivity contribution in [1.82, 2.24) is 0 Å². The molecule has 5 saturated carbocycles. The van der Waals surface area contributed by atoms with Crippen LogP contribution in [0, 0.1) is 56.7 Å². The van der Waals surface area contributed by atoms with Crippen molar-refractivity contribution in [2.75, 3.05) is 6.61 Å². The standard InChI is InChI=1S/C39H56O5/c1-24(2)26-14-19-39(23-40)21-20-37(6)27(34(26)39)10-12-31-36(5)17-16-32(35(3,4)30(36)15-18-38(31,37)7)44-33(43)13-9-25-8-11-28(41)29(42)22-25/h8-9,11,13,22,26-27,30-32,34,40-42H,1,10,12,14-21,23H2,2-7H3/b13-9+/t26-,27-,30-,31+,32-,34-,36-,37+,38+,39+/m0/s1. The number of carbonyl (C=O) groups is 1. The largest absolute Gasteiger partial charge is 0.504 e. The summed E-state index contributed by atoms with van der Waals surface area (Å²) in [6, 6.07) is 4.51. The van der Waals surface area contributed by atoms with Gasteiger partial charge in [0.2, 0.25) is 0 Å². The number of esters is 1. The van der Waals surface area contributed by atoms with Gasteiger partial charge in [-0.05, 0) is 146 Å². The molecule has 5 fully saturated rings. The Morgan fingerprint density at radius 3 is 2.34 bits per heavy atom. The van der Waals surface area contributed by atoms with Gasteiger partial charge in [0, 0.05) is 18.1 Å². The summed E-state index contributed by atoms with van der Waals surface area (Å²) in [6.45, 7) is 19.5. The molecular formula is C39H56O5. The van der Waals surface area contributed by atoms with Crippen LogP contribution in [0.15, 0.2) is 36.4 Å². The van der Waals surface area contributed by atoms with Gasteiger partial charge in [-0.3, -0.25) is 0 Å². The summed E-state index contributed by atoms with van der Waals surface area (Å²) in [5.74, 6) is 2.10. The van der Waals surface area contributed by atoms with Crippen LogP contribution < -0.4 is 0 Å². The predicted octanol–water partition coefficient (Wildman–Crippen LogP) is 8.67. The van der Waals surface area contributed by atoms with E-state index < -0.39 is 0 Å². The average molecular weight is 605 g/mol. The summed E-state index contributed by atoms with van der Waals surface area (Å²) in [6.07, 6.45) is 14.5. The van der Waals surface area contributed by atoms with Gasteiger partial charge < -0.3 is 20.1 Å². The molecule has 0 aromatic heterocycles. The Morgan fingerprint density at radius 2 is 1.66 bits per heavy atom. The third kappa shape index (κ3) is 4.45. The first kappa shape index (κ1) is 31.7. The van der Waals surface area contributed by atoms with Crippen molar-refractivity contribution in [3.05, 3.63) is 42.0 Å². The zero-order valence-corrected chi connectivity index (χ0v) is 28.0. The molecule has 5 aliphatic rings. The molecule has 242 valence electrons. The third-order valence-corrected chi connectivity index (χ3v) is 15.2. The van der Waals surface area contributed by atoms with E-state index in [1.165, 1.54) is 55.9 Å².